The van der Waals surface area contributed by atoms with Crippen molar-refractivity contribution in [2.75, 3.05) is 25.5 Å². The molecule has 1 aromatic rings. The molecule has 4 amide bonds. The summed E-state index contributed by atoms with van der Waals surface area (Å²) in [5.74, 6) is 0.387. The number of amides is 4. The topological polar surface area (TPSA) is 79.0 Å². The van der Waals surface area contributed by atoms with Gasteiger partial charge in [0.1, 0.15) is 5.75 Å². The second kappa shape index (κ2) is 5.67. The first kappa shape index (κ1) is 14.4. The lowest BCUT2D eigenvalue weighted by molar-refractivity contribution is -0.144. The van der Waals surface area contributed by atoms with Crippen molar-refractivity contribution in [3.8, 4) is 5.75 Å². The molecule has 1 aromatic carbocycles. The van der Waals surface area contributed by atoms with Crippen molar-refractivity contribution in [3.63, 3.8) is 0 Å². The number of carbonyl (C=O) groups is 3. The lowest BCUT2D eigenvalue weighted by Gasteiger charge is -2.42. The van der Waals surface area contributed by atoms with E-state index in [2.05, 4.69) is 5.32 Å². The van der Waals surface area contributed by atoms with Crippen LogP contribution in [-0.2, 0) is 9.59 Å². The average molecular weight is 303 g/mol. The van der Waals surface area contributed by atoms with Crippen LogP contribution >= 0.6 is 0 Å². The highest BCUT2D eigenvalue weighted by molar-refractivity contribution is 6.02. The van der Waals surface area contributed by atoms with Gasteiger partial charge < -0.3 is 15.0 Å². The van der Waals surface area contributed by atoms with E-state index in [1.807, 2.05) is 0 Å². The molecule has 0 atom stereocenters. The summed E-state index contributed by atoms with van der Waals surface area (Å²) in [7, 11) is 1.56. The summed E-state index contributed by atoms with van der Waals surface area (Å²) in [6, 6.07) is 6.64. The molecule has 7 heteroatoms. The number of urea groups is 1. The summed E-state index contributed by atoms with van der Waals surface area (Å²) < 4.78 is 5.10. The van der Waals surface area contributed by atoms with Gasteiger partial charge in [-0.1, -0.05) is 6.07 Å². The fourth-order valence-electron chi connectivity index (χ4n) is 2.69. The van der Waals surface area contributed by atoms with Crippen LogP contribution in [0.15, 0.2) is 24.3 Å². The van der Waals surface area contributed by atoms with Gasteiger partial charge in [-0.25, -0.2) is 4.79 Å². The maximum Gasteiger partial charge on any atom is 0.321 e. The van der Waals surface area contributed by atoms with Gasteiger partial charge in [0.2, 0.25) is 11.8 Å². The molecule has 3 rings (SSSR count). The molecule has 0 aliphatic carbocycles. The maximum absolute atomic E-state index is 12.1. The van der Waals surface area contributed by atoms with E-state index in [9.17, 15) is 14.4 Å². The number of rotatable bonds is 3. The second-order valence-electron chi connectivity index (χ2n) is 5.38. The van der Waals surface area contributed by atoms with Crippen molar-refractivity contribution < 1.29 is 19.1 Å². The molecule has 2 fully saturated rings. The van der Waals surface area contributed by atoms with Crippen molar-refractivity contribution in [1.82, 2.24) is 9.80 Å². The minimum absolute atomic E-state index is 0.136. The normalized spacial score (nSPS) is 18.4. The number of imide groups is 1. The molecule has 1 N–H and O–H groups in total. The number of ether oxygens (including phenoxy) is 1. The summed E-state index contributed by atoms with van der Waals surface area (Å²) in [5.41, 5.74) is 0.640. The van der Waals surface area contributed by atoms with Crippen LogP contribution in [0, 0.1) is 0 Å². The Morgan fingerprint density at radius 2 is 1.91 bits per heavy atom. The summed E-state index contributed by atoms with van der Waals surface area (Å²) in [5, 5.41) is 2.77. The first-order valence-corrected chi connectivity index (χ1v) is 7.13. The summed E-state index contributed by atoms with van der Waals surface area (Å²) in [6.07, 6.45) is 0.566. The highest BCUT2D eigenvalue weighted by atomic mass is 16.5. The molecule has 2 heterocycles. The fraction of sp³-hybridized carbons (Fsp3) is 0.400. The maximum atomic E-state index is 12.1. The van der Waals surface area contributed by atoms with Crippen LogP contribution in [0.3, 0.4) is 0 Å². The third-order valence-electron chi connectivity index (χ3n) is 3.93. The molecule has 0 aromatic heterocycles. The lowest BCUT2D eigenvalue weighted by Crippen LogP contribution is -2.63. The van der Waals surface area contributed by atoms with Crippen molar-refractivity contribution >= 4 is 23.5 Å². The monoisotopic (exact) mass is 303 g/mol. The predicted molar refractivity (Wildman–Crippen MR) is 78.5 cm³/mol. The largest absolute Gasteiger partial charge is 0.497 e. The van der Waals surface area contributed by atoms with Gasteiger partial charge in [0.25, 0.3) is 0 Å². The van der Waals surface area contributed by atoms with E-state index in [0.29, 0.717) is 24.5 Å². The van der Waals surface area contributed by atoms with E-state index in [0.717, 1.165) is 0 Å². The SMILES string of the molecule is COc1cccc(NC(=O)N2CC(N3C(=O)CCC3=O)C2)c1. The highest BCUT2D eigenvalue weighted by Gasteiger charge is 2.42. The summed E-state index contributed by atoms with van der Waals surface area (Å²) >= 11 is 0. The number of nitrogens with one attached hydrogen (secondary N) is 1. The number of hydrogen-bond donors (Lipinski definition) is 1. The molecule has 2 aliphatic heterocycles. The third kappa shape index (κ3) is 2.61. The quantitative estimate of drug-likeness (QED) is 0.847. The molecule has 7 nitrogen and oxygen atoms in total. The van der Waals surface area contributed by atoms with Crippen molar-refractivity contribution in [2.24, 2.45) is 0 Å². The Morgan fingerprint density at radius 3 is 2.55 bits per heavy atom. The number of benzene rings is 1. The molecule has 0 saturated carbocycles. The van der Waals surface area contributed by atoms with E-state index in [-0.39, 0.29) is 36.7 Å². The Labute approximate surface area is 127 Å². The van der Waals surface area contributed by atoms with Crippen LogP contribution in [0.25, 0.3) is 0 Å². The number of likely N-dealkylation sites (tertiary alicyclic amines) is 2. The van der Waals surface area contributed by atoms with Crippen LogP contribution in [0.2, 0.25) is 0 Å². The Kier molecular flexibility index (Phi) is 3.70. The van der Waals surface area contributed by atoms with Gasteiger partial charge in [-0.2, -0.15) is 0 Å². The second-order valence-corrected chi connectivity index (χ2v) is 5.38. The van der Waals surface area contributed by atoms with E-state index in [1.54, 1.807) is 36.3 Å². The standard InChI is InChI=1S/C15H17N3O4/c1-22-12-4-2-3-10(7-12)16-15(21)17-8-11(9-17)18-13(19)5-6-14(18)20/h2-4,7,11H,5-6,8-9H2,1H3,(H,16,21). The Balaban J connectivity index is 1.55. The van der Waals surface area contributed by atoms with Crippen LogP contribution < -0.4 is 10.1 Å². The molecule has 0 spiro atoms. The lowest BCUT2D eigenvalue weighted by atomic mass is 10.1. The zero-order chi connectivity index (χ0) is 15.7. The molecular weight excluding hydrogens is 286 g/mol. The van der Waals surface area contributed by atoms with Gasteiger partial charge in [-0.3, -0.25) is 14.5 Å². The highest BCUT2D eigenvalue weighted by Crippen LogP contribution is 2.23. The Hall–Kier alpha value is -2.57. The smallest absolute Gasteiger partial charge is 0.321 e. The molecule has 22 heavy (non-hydrogen) atoms. The zero-order valence-corrected chi connectivity index (χ0v) is 12.2. The predicted octanol–water partition coefficient (Wildman–Crippen LogP) is 1.06. The first-order valence-electron chi connectivity index (χ1n) is 7.13. The molecule has 0 bridgehead atoms. The Bertz CT molecular complexity index is 609. The fourth-order valence-corrected chi connectivity index (χ4v) is 2.69. The van der Waals surface area contributed by atoms with Gasteiger partial charge >= 0.3 is 6.03 Å². The Morgan fingerprint density at radius 1 is 1.23 bits per heavy atom. The van der Waals surface area contributed by atoms with Crippen LogP contribution in [0.4, 0.5) is 10.5 Å². The summed E-state index contributed by atoms with van der Waals surface area (Å²) in [6.45, 7) is 0.764. The number of carbonyl (C=O) groups excluding carboxylic acids is 3. The molecule has 2 aliphatic rings. The minimum Gasteiger partial charge on any atom is -0.497 e. The number of hydrogen-bond acceptors (Lipinski definition) is 4. The van der Waals surface area contributed by atoms with Crippen molar-refractivity contribution in [3.05, 3.63) is 24.3 Å². The summed E-state index contributed by atoms with van der Waals surface area (Å²) in [4.78, 5) is 38.2. The van der Waals surface area contributed by atoms with Crippen molar-refractivity contribution in [1.29, 1.82) is 0 Å². The minimum atomic E-state index is -0.247. The van der Waals surface area contributed by atoms with E-state index in [4.69, 9.17) is 4.74 Å². The van der Waals surface area contributed by atoms with Gasteiger partial charge in [0.15, 0.2) is 0 Å². The van der Waals surface area contributed by atoms with Crippen molar-refractivity contribution in [2.45, 2.75) is 18.9 Å². The van der Waals surface area contributed by atoms with Crippen LogP contribution in [0.5, 0.6) is 5.75 Å². The number of nitrogens with zero attached hydrogens (tertiary/aromatic N) is 2. The molecular formula is C15H17N3O4. The van der Waals surface area contributed by atoms with E-state index >= 15 is 0 Å². The first-order chi connectivity index (χ1) is 10.6. The van der Waals surface area contributed by atoms with E-state index in [1.165, 1.54) is 4.90 Å². The van der Waals surface area contributed by atoms with Gasteiger partial charge in [0, 0.05) is 37.7 Å². The molecule has 0 radical (unpaired) electrons. The zero-order valence-electron chi connectivity index (χ0n) is 12.2. The van der Waals surface area contributed by atoms with Gasteiger partial charge in [-0.05, 0) is 12.1 Å². The van der Waals surface area contributed by atoms with E-state index < -0.39 is 0 Å². The number of anilines is 1. The average Bonchev–Trinajstić information content (AvgIpc) is 2.78. The van der Waals surface area contributed by atoms with Gasteiger partial charge in [0.05, 0.1) is 13.2 Å². The number of methoxy groups -OCH3 is 1. The van der Waals surface area contributed by atoms with Gasteiger partial charge in [-0.15, -0.1) is 0 Å². The molecule has 2 saturated heterocycles. The van der Waals surface area contributed by atoms with Crippen LogP contribution in [0.1, 0.15) is 12.8 Å². The van der Waals surface area contributed by atoms with Crippen LogP contribution in [-0.4, -0.2) is 53.9 Å². The molecule has 0 unspecified atom stereocenters. The third-order valence-corrected chi connectivity index (χ3v) is 3.93. The molecule has 116 valence electrons.